The van der Waals surface area contributed by atoms with Crippen molar-refractivity contribution in [2.75, 3.05) is 36.8 Å². The van der Waals surface area contributed by atoms with Crippen molar-refractivity contribution in [2.24, 2.45) is 0 Å². The van der Waals surface area contributed by atoms with Crippen molar-refractivity contribution in [1.82, 2.24) is 9.88 Å². The Kier molecular flexibility index (Phi) is 6.19. The van der Waals surface area contributed by atoms with E-state index in [0.29, 0.717) is 26.2 Å². The first-order valence-corrected chi connectivity index (χ1v) is 12.4. The fraction of sp³-hybridized carbons (Fsp3) is 0.333. The largest absolute Gasteiger partial charge is 0.345 e. The van der Waals surface area contributed by atoms with Gasteiger partial charge in [-0.25, -0.2) is 22.2 Å². The van der Waals surface area contributed by atoms with E-state index in [1.54, 1.807) is 11.0 Å². The van der Waals surface area contributed by atoms with Crippen LogP contribution in [0.1, 0.15) is 12.8 Å². The Labute approximate surface area is 183 Å². The zero-order valence-corrected chi connectivity index (χ0v) is 18.3. The van der Waals surface area contributed by atoms with Gasteiger partial charge >= 0.3 is 0 Å². The number of nitrogens with zero attached hydrogens (tertiary/aromatic N) is 3. The van der Waals surface area contributed by atoms with Gasteiger partial charge in [-0.15, -0.1) is 0 Å². The summed E-state index contributed by atoms with van der Waals surface area (Å²) >= 11 is 1.42. The van der Waals surface area contributed by atoms with Crippen LogP contribution in [0.5, 0.6) is 0 Å². The van der Waals surface area contributed by atoms with Crippen LogP contribution in [0.2, 0.25) is 0 Å². The summed E-state index contributed by atoms with van der Waals surface area (Å²) in [7, 11) is -3.54. The van der Waals surface area contributed by atoms with Crippen molar-refractivity contribution >= 4 is 42.4 Å². The van der Waals surface area contributed by atoms with E-state index < -0.39 is 15.7 Å². The predicted molar refractivity (Wildman–Crippen MR) is 116 cm³/mol. The summed E-state index contributed by atoms with van der Waals surface area (Å²) in [6.45, 7) is 2.27. The number of benzene rings is 2. The van der Waals surface area contributed by atoms with Crippen molar-refractivity contribution in [3.63, 3.8) is 0 Å². The van der Waals surface area contributed by atoms with Crippen molar-refractivity contribution < 1.29 is 22.0 Å². The molecule has 164 valence electrons. The summed E-state index contributed by atoms with van der Waals surface area (Å²) in [5, 5.41) is 0.804. The van der Waals surface area contributed by atoms with Gasteiger partial charge in [-0.3, -0.25) is 4.79 Å². The number of aromatic nitrogens is 1. The topological polar surface area (TPSA) is 70.6 Å². The maximum Gasteiger partial charge on any atom is 0.222 e. The monoisotopic (exact) mass is 465 g/mol. The van der Waals surface area contributed by atoms with E-state index >= 15 is 0 Å². The van der Waals surface area contributed by atoms with Gasteiger partial charge in [0.05, 0.1) is 20.9 Å². The molecule has 2 aromatic carbocycles. The standard InChI is InChI=1S/C21H21F2N3O3S2/c22-15-3-6-17(7-4-15)31(28,29)13-1-2-20(27)25-9-11-26(12-10-25)21-24-18-8-5-16(23)14-19(18)30-21/h3-8,14H,1-2,9-13H2. The highest BCUT2D eigenvalue weighted by Crippen LogP contribution is 2.30. The molecule has 1 saturated heterocycles. The van der Waals surface area contributed by atoms with Gasteiger partial charge in [0.2, 0.25) is 5.91 Å². The third-order valence-electron chi connectivity index (χ3n) is 5.22. The molecule has 3 aromatic rings. The predicted octanol–water partition coefficient (Wildman–Crippen LogP) is 3.48. The van der Waals surface area contributed by atoms with Crippen LogP contribution in [0.15, 0.2) is 47.4 Å². The maximum atomic E-state index is 13.4. The van der Waals surface area contributed by atoms with Crippen molar-refractivity contribution in [2.45, 2.75) is 17.7 Å². The number of rotatable bonds is 6. The molecule has 10 heteroatoms. The highest BCUT2D eigenvalue weighted by atomic mass is 32.2. The minimum atomic E-state index is -3.54. The van der Waals surface area contributed by atoms with Gasteiger partial charge in [-0.05, 0) is 48.9 Å². The van der Waals surface area contributed by atoms with Crippen molar-refractivity contribution in [1.29, 1.82) is 0 Å². The molecule has 0 bridgehead atoms. The number of hydrogen-bond donors (Lipinski definition) is 0. The van der Waals surface area contributed by atoms with Crippen LogP contribution in [-0.4, -0.2) is 56.1 Å². The highest BCUT2D eigenvalue weighted by Gasteiger charge is 2.24. The summed E-state index contributed by atoms with van der Waals surface area (Å²) in [6, 6.07) is 9.21. The third-order valence-corrected chi connectivity index (χ3v) is 8.11. The molecule has 0 aliphatic carbocycles. The molecular formula is C21H21F2N3O3S2. The van der Waals surface area contributed by atoms with E-state index in [1.807, 2.05) is 0 Å². The Bertz CT molecular complexity index is 1190. The zero-order chi connectivity index (χ0) is 22.0. The van der Waals surface area contributed by atoms with Crippen LogP contribution < -0.4 is 4.90 Å². The lowest BCUT2D eigenvalue weighted by atomic mass is 10.2. The Morgan fingerprint density at radius 1 is 1.00 bits per heavy atom. The molecule has 4 rings (SSSR count). The minimum absolute atomic E-state index is 0.0608. The zero-order valence-electron chi connectivity index (χ0n) is 16.6. The van der Waals surface area contributed by atoms with Crippen LogP contribution >= 0.6 is 11.3 Å². The lowest BCUT2D eigenvalue weighted by Gasteiger charge is -2.34. The van der Waals surface area contributed by atoms with Crippen LogP contribution in [0.3, 0.4) is 0 Å². The molecule has 31 heavy (non-hydrogen) atoms. The van der Waals surface area contributed by atoms with E-state index in [1.165, 1.54) is 35.6 Å². The molecule has 1 amide bonds. The lowest BCUT2D eigenvalue weighted by Crippen LogP contribution is -2.48. The first-order chi connectivity index (χ1) is 14.8. The first kappa shape index (κ1) is 21.6. The normalized spacial score (nSPS) is 14.9. The highest BCUT2D eigenvalue weighted by molar-refractivity contribution is 7.91. The van der Waals surface area contributed by atoms with E-state index in [0.717, 1.165) is 27.5 Å². The molecule has 0 unspecified atom stereocenters. The second kappa shape index (κ2) is 8.88. The van der Waals surface area contributed by atoms with Gasteiger partial charge in [0.15, 0.2) is 15.0 Å². The number of hydrogen-bond acceptors (Lipinski definition) is 6. The molecule has 6 nitrogen and oxygen atoms in total. The number of piperazine rings is 1. The first-order valence-electron chi connectivity index (χ1n) is 9.89. The second-order valence-electron chi connectivity index (χ2n) is 7.35. The molecule has 1 fully saturated rings. The second-order valence-corrected chi connectivity index (χ2v) is 10.5. The molecular weight excluding hydrogens is 444 g/mol. The van der Waals surface area contributed by atoms with Crippen molar-refractivity contribution in [3.8, 4) is 0 Å². The molecule has 0 spiro atoms. The molecule has 1 aliphatic rings. The smallest absolute Gasteiger partial charge is 0.222 e. The van der Waals surface area contributed by atoms with Crippen molar-refractivity contribution in [3.05, 3.63) is 54.1 Å². The summed E-state index contributed by atoms with van der Waals surface area (Å²) in [4.78, 5) is 20.9. The van der Waals surface area contributed by atoms with E-state index in [2.05, 4.69) is 9.88 Å². The number of anilines is 1. The van der Waals surface area contributed by atoms with Gasteiger partial charge in [0.25, 0.3) is 0 Å². The molecule has 2 heterocycles. The number of halogens is 2. The summed E-state index contributed by atoms with van der Waals surface area (Å²) < 4.78 is 51.8. The average Bonchev–Trinajstić information content (AvgIpc) is 3.17. The van der Waals surface area contributed by atoms with Gasteiger partial charge in [0, 0.05) is 32.6 Å². The van der Waals surface area contributed by atoms with E-state index in [4.69, 9.17) is 0 Å². The number of sulfone groups is 1. The quantitative estimate of drug-likeness (QED) is 0.522. The Hall–Kier alpha value is -2.59. The fourth-order valence-corrected chi connectivity index (χ4v) is 5.85. The van der Waals surface area contributed by atoms with Crippen LogP contribution in [0.25, 0.3) is 10.2 Å². The molecule has 0 N–H and O–H groups in total. The van der Waals surface area contributed by atoms with Crippen LogP contribution in [0.4, 0.5) is 13.9 Å². The SMILES string of the molecule is O=C(CCCS(=O)(=O)c1ccc(F)cc1)N1CCN(c2nc3ccc(F)cc3s2)CC1. The van der Waals surface area contributed by atoms with Gasteiger partial charge in [0.1, 0.15) is 11.6 Å². The number of amides is 1. The molecule has 0 radical (unpaired) electrons. The summed E-state index contributed by atoms with van der Waals surface area (Å²) in [5.74, 6) is -1.03. The lowest BCUT2D eigenvalue weighted by molar-refractivity contribution is -0.131. The molecule has 1 aromatic heterocycles. The summed E-state index contributed by atoms with van der Waals surface area (Å²) in [6.07, 6.45) is 0.350. The molecule has 1 aliphatic heterocycles. The van der Waals surface area contributed by atoms with Gasteiger partial charge < -0.3 is 9.80 Å². The molecule has 0 atom stereocenters. The fourth-order valence-electron chi connectivity index (χ4n) is 3.50. The average molecular weight is 466 g/mol. The summed E-state index contributed by atoms with van der Waals surface area (Å²) in [5.41, 5.74) is 0.752. The minimum Gasteiger partial charge on any atom is -0.345 e. The van der Waals surface area contributed by atoms with Crippen LogP contribution in [0, 0.1) is 11.6 Å². The van der Waals surface area contributed by atoms with Gasteiger partial charge in [-0.2, -0.15) is 0 Å². The Morgan fingerprint density at radius 2 is 1.68 bits per heavy atom. The van der Waals surface area contributed by atoms with Gasteiger partial charge in [-0.1, -0.05) is 11.3 Å². The third kappa shape index (κ3) is 5.01. The van der Waals surface area contributed by atoms with Crippen LogP contribution in [-0.2, 0) is 14.6 Å². The molecule has 0 saturated carbocycles. The number of carbonyl (C=O) groups excluding carboxylic acids is 1. The Morgan fingerprint density at radius 3 is 2.39 bits per heavy atom. The number of fused-ring (bicyclic) bond motifs is 1. The van der Waals surface area contributed by atoms with E-state index in [9.17, 15) is 22.0 Å². The number of thiazole rings is 1. The maximum absolute atomic E-state index is 13.4. The number of carbonyl (C=O) groups is 1. The van der Waals surface area contributed by atoms with E-state index in [-0.39, 0.29) is 35.2 Å². The Balaban J connectivity index is 1.27.